The molecule has 0 radical (unpaired) electrons. The number of ether oxygens (including phenoxy) is 1. The van der Waals surface area contributed by atoms with Crippen LogP contribution in [0.15, 0.2) is 42.7 Å². The Labute approximate surface area is 150 Å². The van der Waals surface area contributed by atoms with Gasteiger partial charge in [-0.1, -0.05) is 50.1 Å². The van der Waals surface area contributed by atoms with Crippen molar-refractivity contribution in [3.8, 4) is 0 Å². The van der Waals surface area contributed by atoms with Crippen LogP contribution in [0.25, 0.3) is 0 Å². The molecule has 136 valence electrons. The summed E-state index contributed by atoms with van der Waals surface area (Å²) in [6, 6.07) is 9.32. The summed E-state index contributed by atoms with van der Waals surface area (Å²) in [6.45, 7) is 8.04. The molecule has 5 heteroatoms. The second-order valence-corrected chi connectivity index (χ2v) is 7.30. The van der Waals surface area contributed by atoms with E-state index in [1.54, 1.807) is 17.3 Å². The normalized spacial score (nSPS) is 17.8. The predicted molar refractivity (Wildman–Crippen MR) is 97.5 cm³/mol. The van der Waals surface area contributed by atoms with Gasteiger partial charge in [0.1, 0.15) is 11.6 Å². The quantitative estimate of drug-likeness (QED) is 0.800. The second-order valence-electron chi connectivity index (χ2n) is 7.30. The highest BCUT2D eigenvalue weighted by Gasteiger charge is 2.36. The minimum Gasteiger partial charge on any atom is -0.443 e. The van der Waals surface area contributed by atoms with Crippen molar-refractivity contribution >= 4 is 12.0 Å². The maximum Gasteiger partial charge on any atom is 0.415 e. The third-order valence-corrected chi connectivity index (χ3v) is 3.94. The molecular weight excluding hydrogens is 316 g/mol. The van der Waals surface area contributed by atoms with Crippen molar-refractivity contribution in [2.75, 3.05) is 0 Å². The molecule has 1 aliphatic heterocycles. The maximum absolute atomic E-state index is 12.9. The summed E-state index contributed by atoms with van der Waals surface area (Å²) < 4.78 is 5.45. The van der Waals surface area contributed by atoms with Gasteiger partial charge in [-0.25, -0.2) is 4.79 Å². The Morgan fingerprint density at radius 2 is 1.84 bits per heavy atom. The molecule has 1 unspecified atom stereocenters. The number of carbonyl (C=O) groups is 2. The lowest BCUT2D eigenvalue weighted by atomic mass is 10.1. The second kappa shape index (κ2) is 8.19. The van der Waals surface area contributed by atoms with Gasteiger partial charge in [0.25, 0.3) is 0 Å². The van der Waals surface area contributed by atoms with Gasteiger partial charge in [-0.05, 0) is 32.8 Å². The summed E-state index contributed by atoms with van der Waals surface area (Å²) in [5, 5.41) is 0. The molecule has 0 saturated heterocycles. The van der Waals surface area contributed by atoms with Gasteiger partial charge in [0.15, 0.2) is 0 Å². The van der Waals surface area contributed by atoms with Gasteiger partial charge >= 0.3 is 6.09 Å². The highest BCUT2D eigenvalue weighted by atomic mass is 16.6. The fraction of sp³-hybridized carbons (Fsp3) is 0.500. The molecule has 0 aromatic heterocycles. The monoisotopic (exact) mass is 344 g/mol. The molecule has 0 bridgehead atoms. The van der Waals surface area contributed by atoms with E-state index in [9.17, 15) is 9.59 Å². The summed E-state index contributed by atoms with van der Waals surface area (Å²) in [5.41, 5.74) is 0.463. The van der Waals surface area contributed by atoms with E-state index < -0.39 is 17.7 Å². The van der Waals surface area contributed by atoms with Crippen LogP contribution in [-0.4, -0.2) is 33.4 Å². The Bertz CT molecular complexity index is 620. The molecule has 0 N–H and O–H groups in total. The van der Waals surface area contributed by atoms with Crippen LogP contribution in [0.1, 0.15) is 52.5 Å². The highest BCUT2D eigenvalue weighted by molar-refractivity contribution is 5.88. The number of hydrogen-bond acceptors (Lipinski definition) is 3. The topological polar surface area (TPSA) is 49.9 Å². The molecule has 2 rings (SSSR count). The van der Waals surface area contributed by atoms with E-state index >= 15 is 0 Å². The first-order valence-electron chi connectivity index (χ1n) is 8.86. The molecule has 0 saturated carbocycles. The maximum atomic E-state index is 12.9. The molecule has 1 aromatic carbocycles. The molecular formula is C20H28N2O3. The minimum absolute atomic E-state index is 0.0642. The van der Waals surface area contributed by atoms with Crippen LogP contribution in [0.4, 0.5) is 4.79 Å². The van der Waals surface area contributed by atoms with Crippen LogP contribution in [0.2, 0.25) is 0 Å². The number of nitrogens with zero attached hydrogens (tertiary/aromatic N) is 2. The van der Waals surface area contributed by atoms with Crippen LogP contribution in [0.5, 0.6) is 0 Å². The molecule has 0 aliphatic carbocycles. The Hall–Kier alpha value is -2.30. The first-order valence-corrected chi connectivity index (χ1v) is 8.86. The van der Waals surface area contributed by atoms with E-state index in [1.807, 2.05) is 51.1 Å². The molecule has 0 spiro atoms. The summed E-state index contributed by atoms with van der Waals surface area (Å²) in [7, 11) is 0. The van der Waals surface area contributed by atoms with Crippen LogP contribution in [0.3, 0.4) is 0 Å². The molecule has 1 atom stereocenters. The first-order chi connectivity index (χ1) is 11.8. The largest absolute Gasteiger partial charge is 0.443 e. The van der Waals surface area contributed by atoms with Crippen molar-refractivity contribution in [2.45, 2.75) is 65.1 Å². The Kier molecular flexibility index (Phi) is 6.23. The predicted octanol–water partition coefficient (Wildman–Crippen LogP) is 4.30. The van der Waals surface area contributed by atoms with E-state index in [2.05, 4.69) is 6.92 Å². The molecule has 2 amide bonds. The summed E-state index contributed by atoms with van der Waals surface area (Å²) in [6.07, 6.45) is 5.33. The zero-order valence-electron chi connectivity index (χ0n) is 15.6. The Morgan fingerprint density at radius 3 is 2.44 bits per heavy atom. The van der Waals surface area contributed by atoms with E-state index in [0.717, 1.165) is 18.4 Å². The fourth-order valence-corrected chi connectivity index (χ4v) is 2.71. The summed E-state index contributed by atoms with van der Waals surface area (Å²) >= 11 is 0. The zero-order valence-corrected chi connectivity index (χ0v) is 15.6. The third kappa shape index (κ3) is 5.34. The lowest BCUT2D eigenvalue weighted by Gasteiger charge is -2.36. The minimum atomic E-state index is -0.593. The average Bonchev–Trinajstić information content (AvgIpc) is 2.54. The fourth-order valence-electron chi connectivity index (χ4n) is 2.71. The molecule has 0 fully saturated rings. The number of amides is 2. The van der Waals surface area contributed by atoms with Crippen molar-refractivity contribution in [1.29, 1.82) is 0 Å². The average molecular weight is 344 g/mol. The highest BCUT2D eigenvalue weighted by Crippen LogP contribution is 2.22. The van der Waals surface area contributed by atoms with Gasteiger partial charge in [-0.3, -0.25) is 9.69 Å². The van der Waals surface area contributed by atoms with E-state index in [1.165, 1.54) is 4.90 Å². The number of rotatable bonds is 5. The van der Waals surface area contributed by atoms with Crippen molar-refractivity contribution in [3.05, 3.63) is 48.3 Å². The Balaban J connectivity index is 2.18. The number of hydrogen-bond donors (Lipinski definition) is 0. The van der Waals surface area contributed by atoms with Crippen LogP contribution in [0, 0.1) is 0 Å². The molecule has 1 aliphatic rings. The van der Waals surface area contributed by atoms with E-state index in [0.29, 0.717) is 13.0 Å². The first kappa shape index (κ1) is 19.0. The zero-order chi connectivity index (χ0) is 18.4. The van der Waals surface area contributed by atoms with Crippen molar-refractivity contribution in [2.24, 2.45) is 0 Å². The smallest absolute Gasteiger partial charge is 0.415 e. The summed E-state index contributed by atoms with van der Waals surface area (Å²) in [4.78, 5) is 28.5. The third-order valence-electron chi connectivity index (χ3n) is 3.94. The van der Waals surface area contributed by atoms with E-state index in [4.69, 9.17) is 4.74 Å². The summed E-state index contributed by atoms with van der Waals surface area (Å²) in [5.74, 6) is -0.0642. The van der Waals surface area contributed by atoms with Crippen molar-refractivity contribution in [1.82, 2.24) is 9.80 Å². The van der Waals surface area contributed by atoms with Crippen molar-refractivity contribution < 1.29 is 14.3 Å². The van der Waals surface area contributed by atoms with Gasteiger partial charge in [-0.2, -0.15) is 0 Å². The lowest BCUT2D eigenvalue weighted by Crippen LogP contribution is -2.51. The van der Waals surface area contributed by atoms with Crippen molar-refractivity contribution in [3.63, 3.8) is 0 Å². The molecule has 1 heterocycles. The molecule has 5 nitrogen and oxygen atoms in total. The molecule has 25 heavy (non-hydrogen) atoms. The van der Waals surface area contributed by atoms with Gasteiger partial charge in [-0.15, -0.1) is 0 Å². The van der Waals surface area contributed by atoms with Gasteiger partial charge in [0, 0.05) is 12.4 Å². The standard InChI is InChI=1S/C20H28N2O3/c1-5-6-12-17-18(23)21(15-16-10-8-7-9-11-16)13-14-22(17)19(24)25-20(2,3)4/h7-11,13-14,17H,5-6,12,15H2,1-4H3. The SMILES string of the molecule is CCCCC1C(=O)N(Cc2ccccc2)C=CN1C(=O)OC(C)(C)C. The van der Waals surface area contributed by atoms with Gasteiger partial charge < -0.3 is 9.64 Å². The van der Waals surface area contributed by atoms with Crippen LogP contribution in [-0.2, 0) is 16.1 Å². The lowest BCUT2D eigenvalue weighted by molar-refractivity contribution is -0.135. The van der Waals surface area contributed by atoms with E-state index in [-0.39, 0.29) is 5.91 Å². The van der Waals surface area contributed by atoms with Crippen LogP contribution < -0.4 is 0 Å². The number of unbranched alkanes of at least 4 members (excludes halogenated alkanes) is 1. The number of benzene rings is 1. The van der Waals surface area contributed by atoms with Crippen LogP contribution >= 0.6 is 0 Å². The van der Waals surface area contributed by atoms with Gasteiger partial charge in [0.05, 0.1) is 6.54 Å². The Morgan fingerprint density at radius 1 is 1.16 bits per heavy atom. The van der Waals surface area contributed by atoms with Gasteiger partial charge in [0.2, 0.25) is 5.91 Å². The molecule has 1 aromatic rings. The number of carbonyl (C=O) groups excluding carboxylic acids is 2.